The van der Waals surface area contributed by atoms with Gasteiger partial charge in [0.25, 0.3) is 0 Å². The Morgan fingerprint density at radius 2 is 2.31 bits per heavy atom. The Morgan fingerprint density at radius 1 is 1.38 bits per heavy atom. The Kier molecular flexibility index (Phi) is 1.89. The fourth-order valence-corrected chi connectivity index (χ4v) is 1.72. The van der Waals surface area contributed by atoms with Gasteiger partial charge in [-0.15, -0.1) is 0 Å². The van der Waals surface area contributed by atoms with E-state index >= 15 is 0 Å². The minimum atomic E-state index is -0.243. The van der Waals surface area contributed by atoms with Crippen LogP contribution in [0.3, 0.4) is 0 Å². The number of hydrogen-bond acceptors (Lipinski definition) is 4. The molecule has 1 aliphatic heterocycles. The van der Waals surface area contributed by atoms with Gasteiger partial charge in [-0.25, -0.2) is 4.68 Å². The van der Waals surface area contributed by atoms with Gasteiger partial charge in [-0.1, -0.05) is 6.08 Å². The Labute approximate surface area is 91.8 Å². The van der Waals surface area contributed by atoms with Crippen LogP contribution in [0, 0.1) is 0 Å². The third kappa shape index (κ3) is 1.25. The van der Waals surface area contributed by atoms with Crippen LogP contribution in [0.1, 0.15) is 6.23 Å². The summed E-state index contributed by atoms with van der Waals surface area (Å²) < 4.78 is 7.18. The molecule has 5 heteroatoms. The molecule has 2 aromatic rings. The van der Waals surface area contributed by atoms with Gasteiger partial charge in [-0.3, -0.25) is 4.98 Å². The highest BCUT2D eigenvalue weighted by atomic mass is 16.5. The van der Waals surface area contributed by atoms with E-state index in [1.54, 1.807) is 23.3 Å². The first-order chi connectivity index (χ1) is 7.86. The van der Waals surface area contributed by atoms with Crippen LogP contribution in [0.25, 0.3) is 10.9 Å². The van der Waals surface area contributed by atoms with E-state index in [-0.39, 0.29) is 6.23 Å². The summed E-state index contributed by atoms with van der Waals surface area (Å²) in [5.74, 6) is 0.467. The summed E-state index contributed by atoms with van der Waals surface area (Å²) in [5, 5.41) is 5.10. The summed E-state index contributed by atoms with van der Waals surface area (Å²) in [4.78, 5) is 4.03. The summed E-state index contributed by atoms with van der Waals surface area (Å²) in [6, 6.07) is 1.87. The van der Waals surface area contributed by atoms with E-state index in [9.17, 15) is 0 Å². The Balaban J connectivity index is 2.17. The van der Waals surface area contributed by atoms with Gasteiger partial charge in [0.2, 0.25) is 6.23 Å². The fraction of sp³-hybridized carbons (Fsp3) is 0.0909. The van der Waals surface area contributed by atoms with Crippen LogP contribution in [0.15, 0.2) is 43.0 Å². The van der Waals surface area contributed by atoms with Crippen LogP contribution in [0.5, 0.6) is 0 Å². The molecule has 0 bridgehead atoms. The third-order valence-corrected chi connectivity index (χ3v) is 2.46. The molecule has 0 fully saturated rings. The Hall–Kier alpha value is -2.30. The molecule has 0 radical (unpaired) electrons. The van der Waals surface area contributed by atoms with E-state index < -0.39 is 0 Å². The van der Waals surface area contributed by atoms with Crippen LogP contribution in [0.2, 0.25) is 0 Å². The number of hydrogen-bond donors (Lipinski definition) is 1. The molecule has 0 amide bonds. The lowest BCUT2D eigenvalue weighted by atomic mass is 10.3. The molecule has 0 saturated heterocycles. The van der Waals surface area contributed by atoms with Crippen LogP contribution in [-0.4, -0.2) is 14.8 Å². The molecule has 16 heavy (non-hydrogen) atoms. The van der Waals surface area contributed by atoms with Crippen molar-refractivity contribution < 1.29 is 4.74 Å². The van der Waals surface area contributed by atoms with Crippen molar-refractivity contribution in [2.24, 2.45) is 0 Å². The lowest BCUT2D eigenvalue weighted by Gasteiger charge is -2.15. The lowest BCUT2D eigenvalue weighted by molar-refractivity contribution is 0.114. The predicted octanol–water partition coefficient (Wildman–Crippen LogP) is 1.61. The fourth-order valence-electron chi connectivity index (χ4n) is 1.72. The first-order valence-corrected chi connectivity index (χ1v) is 4.93. The topological polar surface area (TPSA) is 66.0 Å². The number of anilines is 1. The second-order valence-corrected chi connectivity index (χ2v) is 3.46. The lowest BCUT2D eigenvalue weighted by Crippen LogP contribution is -2.11. The van der Waals surface area contributed by atoms with Gasteiger partial charge in [-0.2, -0.15) is 5.10 Å². The van der Waals surface area contributed by atoms with Gasteiger partial charge in [-0.05, 0) is 18.2 Å². The summed E-state index contributed by atoms with van der Waals surface area (Å²) >= 11 is 0. The highest BCUT2D eigenvalue weighted by Gasteiger charge is 2.15. The van der Waals surface area contributed by atoms with E-state index in [0.717, 1.165) is 10.9 Å². The molecule has 80 valence electrons. The average Bonchev–Trinajstić information content (AvgIpc) is 2.69. The summed E-state index contributed by atoms with van der Waals surface area (Å²) in [5.41, 5.74) is 6.73. The van der Waals surface area contributed by atoms with Crippen molar-refractivity contribution in [2.75, 3.05) is 5.73 Å². The molecule has 0 saturated carbocycles. The van der Waals surface area contributed by atoms with E-state index in [4.69, 9.17) is 10.5 Å². The van der Waals surface area contributed by atoms with Crippen molar-refractivity contribution in [3.05, 3.63) is 43.0 Å². The normalized spacial score (nSPS) is 18.9. The number of pyridine rings is 1. The zero-order chi connectivity index (χ0) is 11.0. The summed E-state index contributed by atoms with van der Waals surface area (Å²) in [7, 11) is 0. The maximum absolute atomic E-state index is 5.81. The molecule has 2 N–H and O–H groups in total. The summed E-state index contributed by atoms with van der Waals surface area (Å²) in [6.07, 6.45) is 10.5. The molecule has 1 unspecified atom stereocenters. The van der Waals surface area contributed by atoms with Gasteiger partial charge in [0.05, 0.1) is 17.2 Å². The standard InChI is InChI=1S/C11H10N4O/c12-11-8-7-13-5-4-9(8)15(14-11)10-3-1-2-6-16-10/h1-7,10H,(H2,12,14). The smallest absolute Gasteiger partial charge is 0.210 e. The van der Waals surface area contributed by atoms with Crippen LogP contribution in [-0.2, 0) is 4.74 Å². The molecular formula is C11H10N4O. The Morgan fingerprint density at radius 3 is 3.12 bits per heavy atom. The number of ether oxygens (including phenoxy) is 1. The molecule has 0 spiro atoms. The van der Waals surface area contributed by atoms with Crippen molar-refractivity contribution in [3.63, 3.8) is 0 Å². The minimum absolute atomic E-state index is 0.243. The molecular weight excluding hydrogens is 204 g/mol. The zero-order valence-electron chi connectivity index (χ0n) is 8.45. The second kappa shape index (κ2) is 3.37. The number of nitrogens with two attached hydrogens (primary N) is 1. The molecule has 3 heterocycles. The first-order valence-electron chi connectivity index (χ1n) is 4.93. The molecule has 1 aliphatic rings. The summed E-state index contributed by atoms with van der Waals surface area (Å²) in [6.45, 7) is 0. The van der Waals surface area contributed by atoms with E-state index in [2.05, 4.69) is 10.1 Å². The van der Waals surface area contributed by atoms with Crippen molar-refractivity contribution in [1.82, 2.24) is 14.8 Å². The second-order valence-electron chi connectivity index (χ2n) is 3.46. The zero-order valence-corrected chi connectivity index (χ0v) is 8.45. The number of aromatic nitrogens is 3. The number of fused-ring (bicyclic) bond motifs is 1. The molecule has 0 aliphatic carbocycles. The maximum Gasteiger partial charge on any atom is 0.210 e. The van der Waals surface area contributed by atoms with E-state index in [1.165, 1.54) is 0 Å². The van der Waals surface area contributed by atoms with Crippen molar-refractivity contribution in [2.45, 2.75) is 6.23 Å². The minimum Gasteiger partial charge on any atom is -0.473 e. The van der Waals surface area contributed by atoms with Gasteiger partial charge in [0.15, 0.2) is 5.82 Å². The van der Waals surface area contributed by atoms with Crippen LogP contribution >= 0.6 is 0 Å². The highest BCUT2D eigenvalue weighted by Crippen LogP contribution is 2.24. The third-order valence-electron chi connectivity index (χ3n) is 2.46. The molecule has 1 atom stereocenters. The van der Waals surface area contributed by atoms with Gasteiger partial charge in [0.1, 0.15) is 0 Å². The van der Waals surface area contributed by atoms with Crippen molar-refractivity contribution in [3.8, 4) is 0 Å². The van der Waals surface area contributed by atoms with E-state index in [1.807, 2.05) is 24.3 Å². The van der Waals surface area contributed by atoms with Gasteiger partial charge < -0.3 is 10.5 Å². The largest absolute Gasteiger partial charge is 0.473 e. The van der Waals surface area contributed by atoms with Crippen LogP contribution in [0.4, 0.5) is 5.82 Å². The monoisotopic (exact) mass is 214 g/mol. The molecule has 2 aromatic heterocycles. The highest BCUT2D eigenvalue weighted by molar-refractivity contribution is 5.88. The molecule has 5 nitrogen and oxygen atoms in total. The SMILES string of the molecule is Nc1nn(C2C=CC=CO2)c2ccncc12. The predicted molar refractivity (Wildman–Crippen MR) is 60.3 cm³/mol. The number of nitrogen functional groups attached to an aromatic ring is 1. The number of allylic oxidation sites excluding steroid dienone is 2. The van der Waals surface area contributed by atoms with Crippen molar-refractivity contribution >= 4 is 16.7 Å². The maximum atomic E-state index is 5.81. The number of rotatable bonds is 1. The van der Waals surface area contributed by atoms with Gasteiger partial charge in [0, 0.05) is 12.4 Å². The van der Waals surface area contributed by atoms with E-state index in [0.29, 0.717) is 5.82 Å². The molecule has 0 aromatic carbocycles. The Bertz CT molecular complexity index is 585. The quantitative estimate of drug-likeness (QED) is 0.783. The first kappa shape index (κ1) is 8.96. The molecule has 3 rings (SSSR count). The van der Waals surface area contributed by atoms with Gasteiger partial charge >= 0.3 is 0 Å². The number of nitrogens with zero attached hydrogens (tertiary/aromatic N) is 3. The van der Waals surface area contributed by atoms with Crippen molar-refractivity contribution in [1.29, 1.82) is 0 Å². The average molecular weight is 214 g/mol. The van der Waals surface area contributed by atoms with Crippen LogP contribution < -0.4 is 5.73 Å².